The summed E-state index contributed by atoms with van der Waals surface area (Å²) in [5, 5.41) is 5.55. The molecule has 0 spiro atoms. The molecule has 1 fully saturated rings. The number of aryl methyl sites for hydroxylation is 1. The molecule has 1 aromatic heterocycles. The van der Waals surface area contributed by atoms with E-state index in [0.29, 0.717) is 30.6 Å². The predicted octanol–water partition coefficient (Wildman–Crippen LogP) is 2.09. The van der Waals surface area contributed by atoms with E-state index in [1.54, 1.807) is 13.0 Å². The maximum atomic E-state index is 13.0. The van der Waals surface area contributed by atoms with Gasteiger partial charge in [0.25, 0.3) is 5.91 Å². The normalized spacial score (nSPS) is 19.1. The quantitative estimate of drug-likeness (QED) is 0.573. The number of hydrogen-bond acceptors (Lipinski definition) is 6. The first kappa shape index (κ1) is 25.5. The van der Waals surface area contributed by atoms with Crippen molar-refractivity contribution in [2.75, 3.05) is 18.8 Å². The molecule has 0 aromatic carbocycles. The third-order valence-corrected chi connectivity index (χ3v) is 8.11. The van der Waals surface area contributed by atoms with Gasteiger partial charge in [0.15, 0.2) is 5.78 Å². The first-order chi connectivity index (χ1) is 14.5. The lowest BCUT2D eigenvalue weighted by Gasteiger charge is -2.23. The van der Waals surface area contributed by atoms with E-state index in [-0.39, 0.29) is 36.5 Å². The summed E-state index contributed by atoms with van der Waals surface area (Å²) in [6.45, 7) is 7.62. The summed E-state index contributed by atoms with van der Waals surface area (Å²) in [4.78, 5) is 39.7. The van der Waals surface area contributed by atoms with Crippen LogP contribution in [0.4, 0.5) is 0 Å². The molecule has 2 atom stereocenters. The Morgan fingerprint density at radius 3 is 2.58 bits per heavy atom. The zero-order valence-electron chi connectivity index (χ0n) is 18.6. The summed E-state index contributed by atoms with van der Waals surface area (Å²) in [6, 6.07) is 2.04. The molecule has 10 heteroatoms. The van der Waals surface area contributed by atoms with E-state index in [9.17, 15) is 22.8 Å². The third-order valence-electron chi connectivity index (χ3n) is 5.09. The van der Waals surface area contributed by atoms with Crippen molar-refractivity contribution in [3.05, 3.63) is 21.9 Å². The maximum Gasteiger partial charge on any atom is 0.262 e. The lowest BCUT2D eigenvalue weighted by molar-refractivity contribution is -0.129. The first-order valence-electron chi connectivity index (χ1n) is 10.7. The van der Waals surface area contributed by atoms with Crippen molar-refractivity contribution in [1.82, 2.24) is 14.9 Å². The van der Waals surface area contributed by atoms with E-state index in [2.05, 4.69) is 10.6 Å². The van der Waals surface area contributed by atoms with Gasteiger partial charge in [-0.3, -0.25) is 14.4 Å². The topological polar surface area (TPSA) is 113 Å². The van der Waals surface area contributed by atoms with Crippen LogP contribution in [0.25, 0.3) is 0 Å². The molecule has 1 unspecified atom stereocenters. The number of sulfonamides is 1. The molecule has 1 aliphatic heterocycles. The zero-order chi connectivity index (χ0) is 23.2. The minimum Gasteiger partial charge on any atom is -0.344 e. The minimum absolute atomic E-state index is 0.00198. The van der Waals surface area contributed by atoms with Crippen molar-refractivity contribution in [3.63, 3.8) is 0 Å². The second-order valence-electron chi connectivity index (χ2n) is 8.39. The Hall–Kier alpha value is -1.78. The monoisotopic (exact) mass is 471 g/mol. The van der Waals surface area contributed by atoms with Crippen molar-refractivity contribution in [2.24, 2.45) is 5.92 Å². The van der Waals surface area contributed by atoms with E-state index in [0.717, 1.165) is 4.88 Å². The fraction of sp³-hybridized carbons (Fsp3) is 0.667. The molecule has 2 N–H and O–H groups in total. The number of ketones is 1. The molecule has 174 valence electrons. The van der Waals surface area contributed by atoms with Crippen molar-refractivity contribution < 1.29 is 22.8 Å². The van der Waals surface area contributed by atoms with Crippen LogP contribution in [0.1, 0.15) is 61.0 Å². The third kappa shape index (κ3) is 7.40. The summed E-state index contributed by atoms with van der Waals surface area (Å²) >= 11 is 1.35. The molecule has 1 aromatic rings. The summed E-state index contributed by atoms with van der Waals surface area (Å²) in [5.74, 6) is -0.904. The average Bonchev–Trinajstić information content (AvgIpc) is 3.02. The Kier molecular flexibility index (Phi) is 9.20. The molecule has 0 aliphatic carbocycles. The highest BCUT2D eigenvalue weighted by Gasteiger charge is 2.33. The molecule has 8 nitrogen and oxygen atoms in total. The molecular weight excluding hydrogens is 438 g/mol. The van der Waals surface area contributed by atoms with E-state index in [4.69, 9.17) is 0 Å². The highest BCUT2D eigenvalue weighted by Crippen LogP contribution is 2.17. The van der Waals surface area contributed by atoms with Gasteiger partial charge in [0.05, 0.1) is 23.2 Å². The van der Waals surface area contributed by atoms with Gasteiger partial charge in [0, 0.05) is 11.4 Å². The van der Waals surface area contributed by atoms with Crippen molar-refractivity contribution in [3.8, 4) is 0 Å². The van der Waals surface area contributed by atoms with Gasteiger partial charge in [-0.2, -0.15) is 4.31 Å². The summed E-state index contributed by atoms with van der Waals surface area (Å²) in [6.07, 6.45) is 1.76. The van der Waals surface area contributed by atoms with Gasteiger partial charge in [-0.25, -0.2) is 8.42 Å². The molecule has 0 bridgehead atoms. The molecule has 31 heavy (non-hydrogen) atoms. The maximum absolute atomic E-state index is 13.0. The van der Waals surface area contributed by atoms with Crippen LogP contribution in [0.15, 0.2) is 12.1 Å². The largest absolute Gasteiger partial charge is 0.344 e. The van der Waals surface area contributed by atoms with Crippen LogP contribution < -0.4 is 10.6 Å². The Labute approximate surface area is 188 Å². The van der Waals surface area contributed by atoms with Crippen molar-refractivity contribution in [2.45, 2.75) is 65.5 Å². The van der Waals surface area contributed by atoms with E-state index in [1.165, 1.54) is 15.6 Å². The molecule has 1 aliphatic rings. The number of Topliss-reactive ketones (excluding diaryl/α,β-unsaturated/α-hetero) is 1. The molecule has 2 heterocycles. The SMILES string of the molecule is CCCS(=O)(=O)N1CCC[C@H](NC(=O)C(CC(C)C)NC(=O)c2ccc(C)s2)C(=O)C1. The minimum atomic E-state index is -3.47. The lowest BCUT2D eigenvalue weighted by Crippen LogP contribution is -2.52. The van der Waals surface area contributed by atoms with Crippen LogP contribution in [0, 0.1) is 12.8 Å². The number of nitrogens with zero attached hydrogens (tertiary/aromatic N) is 1. The Morgan fingerprint density at radius 1 is 1.29 bits per heavy atom. The number of rotatable bonds is 9. The van der Waals surface area contributed by atoms with Crippen molar-refractivity contribution >= 4 is 39.0 Å². The van der Waals surface area contributed by atoms with Crippen LogP contribution in [-0.2, 0) is 19.6 Å². The number of nitrogens with one attached hydrogen (secondary N) is 2. The second-order valence-corrected chi connectivity index (χ2v) is 11.8. The number of carbonyl (C=O) groups excluding carboxylic acids is 3. The van der Waals surface area contributed by atoms with Gasteiger partial charge in [0.1, 0.15) is 6.04 Å². The van der Waals surface area contributed by atoms with Crippen LogP contribution in [-0.4, -0.2) is 61.2 Å². The standard InChI is InChI=1S/C21H33N3O5S2/c1-5-11-31(28,29)24-10-6-7-16(18(25)13-24)22-20(26)17(12-14(2)3)23-21(27)19-9-8-15(4)30-19/h8-9,14,16-17H,5-7,10-13H2,1-4H3,(H,22,26)(H,23,27)/t16-,17?/m0/s1. The number of hydrogen-bond donors (Lipinski definition) is 2. The Balaban J connectivity index is 2.06. The second kappa shape index (κ2) is 11.2. The molecule has 0 radical (unpaired) electrons. The van der Waals surface area contributed by atoms with Gasteiger partial charge in [0.2, 0.25) is 15.9 Å². The Bertz CT molecular complexity index is 895. The molecule has 1 saturated heterocycles. The van der Waals surface area contributed by atoms with E-state index in [1.807, 2.05) is 26.8 Å². The van der Waals surface area contributed by atoms with Gasteiger partial charge in [-0.15, -0.1) is 11.3 Å². The van der Waals surface area contributed by atoms with Gasteiger partial charge < -0.3 is 10.6 Å². The lowest BCUT2D eigenvalue weighted by atomic mass is 10.0. The smallest absolute Gasteiger partial charge is 0.262 e. The first-order valence-corrected chi connectivity index (χ1v) is 13.1. The zero-order valence-corrected chi connectivity index (χ0v) is 20.3. The fourth-order valence-electron chi connectivity index (χ4n) is 3.53. The number of carbonyl (C=O) groups is 3. The van der Waals surface area contributed by atoms with E-state index >= 15 is 0 Å². The van der Waals surface area contributed by atoms with Crippen molar-refractivity contribution in [1.29, 1.82) is 0 Å². The van der Waals surface area contributed by atoms with Crippen LogP contribution in [0.5, 0.6) is 0 Å². The van der Waals surface area contributed by atoms with Gasteiger partial charge in [-0.05, 0) is 50.7 Å². The average molecular weight is 472 g/mol. The van der Waals surface area contributed by atoms with E-state index < -0.39 is 28.0 Å². The molecule has 2 amide bonds. The number of amides is 2. The molecule has 2 rings (SSSR count). The van der Waals surface area contributed by atoms with Gasteiger partial charge >= 0.3 is 0 Å². The fourth-order valence-corrected chi connectivity index (χ4v) is 5.81. The molecular formula is C21H33N3O5S2. The van der Waals surface area contributed by atoms with Crippen LogP contribution >= 0.6 is 11.3 Å². The number of thiophene rings is 1. The highest BCUT2D eigenvalue weighted by atomic mass is 32.2. The predicted molar refractivity (Wildman–Crippen MR) is 122 cm³/mol. The van der Waals surface area contributed by atoms with Crippen LogP contribution in [0.2, 0.25) is 0 Å². The van der Waals surface area contributed by atoms with Gasteiger partial charge in [-0.1, -0.05) is 20.8 Å². The highest BCUT2D eigenvalue weighted by molar-refractivity contribution is 7.89. The molecule has 0 saturated carbocycles. The summed E-state index contributed by atoms with van der Waals surface area (Å²) < 4.78 is 25.9. The summed E-state index contributed by atoms with van der Waals surface area (Å²) in [5.41, 5.74) is 0. The Morgan fingerprint density at radius 2 is 2.00 bits per heavy atom. The van der Waals surface area contributed by atoms with Crippen LogP contribution in [0.3, 0.4) is 0 Å². The summed E-state index contributed by atoms with van der Waals surface area (Å²) in [7, 11) is -3.47.